The van der Waals surface area contributed by atoms with Crippen LogP contribution < -0.4 is 9.64 Å². The van der Waals surface area contributed by atoms with Gasteiger partial charge in [-0.25, -0.2) is 0 Å². The van der Waals surface area contributed by atoms with Crippen molar-refractivity contribution in [3.63, 3.8) is 0 Å². The molecule has 0 saturated carbocycles. The number of hydrogen-bond acceptors (Lipinski definition) is 5. The molecule has 0 bridgehead atoms. The molecule has 5 nitrogen and oxygen atoms in total. The maximum Gasteiger partial charge on any atom is 0.142 e. The van der Waals surface area contributed by atoms with Crippen LogP contribution in [-0.2, 0) is 14.2 Å². The van der Waals surface area contributed by atoms with Crippen molar-refractivity contribution < 1.29 is 18.9 Å². The average molecular weight is 277 g/mol. The first kappa shape index (κ1) is 12.4. The van der Waals surface area contributed by atoms with Crippen molar-refractivity contribution in [1.29, 1.82) is 0 Å². The minimum Gasteiger partial charge on any atom is -0.489 e. The van der Waals surface area contributed by atoms with Gasteiger partial charge in [0.15, 0.2) is 0 Å². The van der Waals surface area contributed by atoms with E-state index in [9.17, 15) is 0 Å². The Hall–Kier alpha value is -1.30. The molecule has 0 aromatic heterocycles. The van der Waals surface area contributed by atoms with Gasteiger partial charge in [0.05, 0.1) is 37.7 Å². The van der Waals surface area contributed by atoms with E-state index in [1.807, 2.05) is 18.2 Å². The van der Waals surface area contributed by atoms with Crippen LogP contribution in [-0.4, -0.2) is 57.8 Å². The third-order valence-electron chi connectivity index (χ3n) is 3.69. The van der Waals surface area contributed by atoms with E-state index in [1.165, 1.54) is 0 Å². The van der Waals surface area contributed by atoms with Crippen molar-refractivity contribution in [3.8, 4) is 5.75 Å². The molecule has 4 rings (SSSR count). The zero-order valence-electron chi connectivity index (χ0n) is 11.4. The lowest BCUT2D eigenvalue weighted by Gasteiger charge is -2.25. The Bertz CT molecular complexity index is 455. The minimum atomic E-state index is 0.273. The van der Waals surface area contributed by atoms with Gasteiger partial charge >= 0.3 is 0 Å². The van der Waals surface area contributed by atoms with Crippen LogP contribution in [0, 0.1) is 0 Å². The molecule has 1 aromatic rings. The average Bonchev–Trinajstić information content (AvgIpc) is 3.32. The first-order chi connectivity index (χ1) is 9.88. The molecule has 0 aliphatic carbocycles. The fourth-order valence-electron chi connectivity index (χ4n) is 2.30. The molecular formula is C15H19NO4. The number of hydrogen-bond donors (Lipinski definition) is 0. The van der Waals surface area contributed by atoms with Gasteiger partial charge in [0.1, 0.15) is 18.5 Å². The quantitative estimate of drug-likeness (QED) is 0.665. The predicted molar refractivity (Wildman–Crippen MR) is 73.4 cm³/mol. The molecule has 0 spiro atoms. The zero-order chi connectivity index (χ0) is 13.4. The highest BCUT2D eigenvalue weighted by atomic mass is 16.6. The molecule has 108 valence electrons. The zero-order valence-corrected chi connectivity index (χ0v) is 11.4. The van der Waals surface area contributed by atoms with E-state index in [-0.39, 0.29) is 6.10 Å². The second kappa shape index (κ2) is 5.24. The van der Waals surface area contributed by atoms with E-state index in [4.69, 9.17) is 18.9 Å². The van der Waals surface area contributed by atoms with Crippen LogP contribution in [0.5, 0.6) is 5.75 Å². The summed E-state index contributed by atoms with van der Waals surface area (Å²) in [4.78, 5) is 2.32. The third-order valence-corrected chi connectivity index (χ3v) is 3.69. The Morgan fingerprint density at radius 3 is 2.15 bits per heavy atom. The summed E-state index contributed by atoms with van der Waals surface area (Å²) in [6, 6.07) is 8.18. The number of anilines is 1. The standard InChI is InChI=1S/C15H19NO4/c1-2-4-15(20-10-13-9-19-13)14(3-1)16(5-11-7-17-11)6-12-8-18-12/h1-4,11-13H,5-10H2. The van der Waals surface area contributed by atoms with Crippen LogP contribution in [0.2, 0.25) is 0 Å². The van der Waals surface area contributed by atoms with Crippen molar-refractivity contribution in [2.24, 2.45) is 0 Å². The van der Waals surface area contributed by atoms with E-state index in [2.05, 4.69) is 11.0 Å². The maximum absolute atomic E-state index is 5.90. The van der Waals surface area contributed by atoms with Gasteiger partial charge in [-0.3, -0.25) is 0 Å². The smallest absolute Gasteiger partial charge is 0.142 e. The molecule has 3 saturated heterocycles. The fourth-order valence-corrected chi connectivity index (χ4v) is 2.30. The summed E-state index contributed by atoms with van der Waals surface area (Å²) in [6.45, 7) is 4.98. The summed E-state index contributed by atoms with van der Waals surface area (Å²) in [7, 11) is 0. The van der Waals surface area contributed by atoms with Crippen molar-refractivity contribution in [3.05, 3.63) is 24.3 Å². The van der Waals surface area contributed by atoms with E-state index >= 15 is 0 Å². The summed E-state index contributed by atoms with van der Waals surface area (Å²) in [6.07, 6.45) is 0.984. The van der Waals surface area contributed by atoms with Crippen LogP contribution in [0.25, 0.3) is 0 Å². The molecule has 0 radical (unpaired) electrons. The first-order valence-corrected chi connectivity index (χ1v) is 7.20. The highest BCUT2D eigenvalue weighted by Gasteiger charge is 2.32. The summed E-state index contributed by atoms with van der Waals surface area (Å²) < 4.78 is 21.8. The number of benzene rings is 1. The third kappa shape index (κ3) is 3.23. The van der Waals surface area contributed by atoms with Crippen LogP contribution >= 0.6 is 0 Å². The summed E-state index contributed by atoms with van der Waals surface area (Å²) >= 11 is 0. The van der Waals surface area contributed by atoms with Crippen molar-refractivity contribution >= 4 is 5.69 Å². The Morgan fingerprint density at radius 1 is 0.950 bits per heavy atom. The number of para-hydroxylation sites is 2. The van der Waals surface area contributed by atoms with Crippen molar-refractivity contribution in [1.82, 2.24) is 0 Å². The minimum absolute atomic E-state index is 0.273. The normalized spacial score (nSPS) is 29.9. The molecule has 3 fully saturated rings. The largest absolute Gasteiger partial charge is 0.489 e. The number of ether oxygens (including phenoxy) is 4. The lowest BCUT2D eigenvalue weighted by molar-refractivity contribution is 0.263. The van der Waals surface area contributed by atoms with Gasteiger partial charge in [-0.15, -0.1) is 0 Å². The van der Waals surface area contributed by atoms with Gasteiger partial charge in [0.2, 0.25) is 0 Å². The van der Waals surface area contributed by atoms with Gasteiger partial charge in [-0.1, -0.05) is 12.1 Å². The molecule has 3 atom stereocenters. The molecule has 3 aliphatic rings. The Labute approximate surface area is 118 Å². The Kier molecular flexibility index (Phi) is 3.26. The van der Waals surface area contributed by atoms with E-state index in [0.29, 0.717) is 18.8 Å². The molecule has 1 aromatic carbocycles. The van der Waals surface area contributed by atoms with Gasteiger partial charge in [-0.2, -0.15) is 0 Å². The van der Waals surface area contributed by atoms with E-state index in [1.54, 1.807) is 0 Å². The highest BCUT2D eigenvalue weighted by molar-refractivity contribution is 5.58. The first-order valence-electron chi connectivity index (χ1n) is 7.20. The number of nitrogens with zero attached hydrogens (tertiary/aromatic N) is 1. The molecule has 0 amide bonds. The molecule has 3 aliphatic heterocycles. The molecule has 20 heavy (non-hydrogen) atoms. The molecule has 3 unspecified atom stereocenters. The number of rotatable bonds is 8. The van der Waals surface area contributed by atoms with E-state index in [0.717, 1.165) is 44.3 Å². The van der Waals surface area contributed by atoms with Crippen LogP contribution in [0.15, 0.2) is 24.3 Å². The predicted octanol–water partition coefficient (Wildman–Crippen LogP) is 1.07. The molecule has 3 heterocycles. The fraction of sp³-hybridized carbons (Fsp3) is 0.600. The monoisotopic (exact) mass is 277 g/mol. The van der Waals surface area contributed by atoms with Gasteiger partial charge in [-0.05, 0) is 12.1 Å². The van der Waals surface area contributed by atoms with Crippen molar-refractivity contribution in [2.75, 3.05) is 44.4 Å². The number of epoxide rings is 3. The summed E-state index contributed by atoms with van der Waals surface area (Å²) in [5, 5.41) is 0. The molecule has 5 heteroatoms. The SMILES string of the molecule is c1ccc(N(CC2CO2)CC2CO2)c(OCC2CO2)c1. The van der Waals surface area contributed by atoms with Gasteiger partial charge in [0.25, 0.3) is 0 Å². The summed E-state index contributed by atoms with van der Waals surface area (Å²) in [5.41, 5.74) is 1.12. The van der Waals surface area contributed by atoms with Crippen LogP contribution in [0.1, 0.15) is 0 Å². The van der Waals surface area contributed by atoms with Gasteiger partial charge < -0.3 is 23.8 Å². The maximum atomic E-state index is 5.90. The Balaban J connectivity index is 1.49. The topological polar surface area (TPSA) is 50.1 Å². The molecule has 0 N–H and O–H groups in total. The van der Waals surface area contributed by atoms with Crippen LogP contribution in [0.3, 0.4) is 0 Å². The Morgan fingerprint density at radius 2 is 1.55 bits per heavy atom. The second-order valence-corrected chi connectivity index (χ2v) is 5.55. The highest BCUT2D eigenvalue weighted by Crippen LogP contribution is 2.31. The van der Waals surface area contributed by atoms with Crippen molar-refractivity contribution in [2.45, 2.75) is 18.3 Å². The van der Waals surface area contributed by atoms with Crippen LogP contribution in [0.4, 0.5) is 5.69 Å². The molecular weight excluding hydrogens is 258 g/mol. The lowest BCUT2D eigenvalue weighted by Crippen LogP contribution is -2.32. The summed E-state index contributed by atoms with van der Waals surface area (Å²) in [5.74, 6) is 0.921. The van der Waals surface area contributed by atoms with Gasteiger partial charge in [0, 0.05) is 13.1 Å². The second-order valence-electron chi connectivity index (χ2n) is 5.55. The van der Waals surface area contributed by atoms with E-state index < -0.39 is 0 Å². The lowest BCUT2D eigenvalue weighted by atomic mass is 10.2.